The van der Waals surface area contributed by atoms with Gasteiger partial charge in [0.05, 0.1) is 24.0 Å². The minimum atomic E-state index is 0.447. The molecule has 0 bridgehead atoms. The Bertz CT molecular complexity index is 289. The highest BCUT2D eigenvalue weighted by Crippen LogP contribution is 2.28. The molecule has 78 valence electrons. The molecule has 4 heteroatoms. The zero-order valence-electron chi connectivity index (χ0n) is 8.81. The molecule has 1 aromatic heterocycles. The first-order valence-electron chi connectivity index (χ1n) is 5.21. The topological polar surface area (TPSA) is 39.9 Å². The molecule has 1 aliphatic carbocycles. The summed E-state index contributed by atoms with van der Waals surface area (Å²) in [6.07, 6.45) is 6.79. The van der Waals surface area contributed by atoms with Crippen molar-refractivity contribution in [2.75, 3.05) is 7.11 Å². The van der Waals surface area contributed by atoms with Crippen molar-refractivity contribution < 1.29 is 4.74 Å². The highest BCUT2D eigenvalue weighted by atomic mass is 16.5. The Morgan fingerprint density at radius 1 is 1.36 bits per heavy atom. The van der Waals surface area contributed by atoms with E-state index in [1.54, 1.807) is 7.11 Å². The second-order valence-corrected chi connectivity index (χ2v) is 3.97. The largest absolute Gasteiger partial charge is 0.381 e. The van der Waals surface area contributed by atoms with Crippen molar-refractivity contribution in [3.05, 3.63) is 11.9 Å². The van der Waals surface area contributed by atoms with Gasteiger partial charge in [-0.05, 0) is 32.6 Å². The third kappa shape index (κ3) is 1.95. The maximum absolute atomic E-state index is 5.33. The molecule has 0 amide bonds. The van der Waals surface area contributed by atoms with E-state index in [1.807, 2.05) is 17.9 Å². The number of ether oxygens (including phenoxy) is 1. The van der Waals surface area contributed by atoms with Crippen LogP contribution in [0.25, 0.3) is 0 Å². The molecule has 0 atom stereocenters. The molecular formula is C10H17N3O. The van der Waals surface area contributed by atoms with Crippen molar-refractivity contribution in [2.45, 2.75) is 44.8 Å². The van der Waals surface area contributed by atoms with Gasteiger partial charge < -0.3 is 4.74 Å². The lowest BCUT2D eigenvalue weighted by Crippen LogP contribution is -2.24. The fourth-order valence-electron chi connectivity index (χ4n) is 2.04. The average Bonchev–Trinajstić information content (AvgIpc) is 2.65. The van der Waals surface area contributed by atoms with Gasteiger partial charge in [0.2, 0.25) is 0 Å². The molecule has 0 aliphatic heterocycles. The van der Waals surface area contributed by atoms with Crippen LogP contribution in [0, 0.1) is 6.92 Å². The molecule has 0 aromatic carbocycles. The minimum absolute atomic E-state index is 0.447. The quantitative estimate of drug-likeness (QED) is 0.721. The summed E-state index contributed by atoms with van der Waals surface area (Å²) in [5.74, 6) is 0. The van der Waals surface area contributed by atoms with Gasteiger partial charge in [-0.3, -0.25) is 0 Å². The predicted molar refractivity (Wildman–Crippen MR) is 53.1 cm³/mol. The van der Waals surface area contributed by atoms with Crippen molar-refractivity contribution in [3.8, 4) is 0 Å². The van der Waals surface area contributed by atoms with Crippen LogP contribution in [0.1, 0.15) is 37.4 Å². The summed E-state index contributed by atoms with van der Waals surface area (Å²) >= 11 is 0. The van der Waals surface area contributed by atoms with Crippen molar-refractivity contribution >= 4 is 0 Å². The molecule has 0 unspecified atom stereocenters. The molecule has 0 saturated heterocycles. The van der Waals surface area contributed by atoms with E-state index in [0.29, 0.717) is 12.1 Å². The maximum Gasteiger partial charge on any atom is 0.0796 e. The van der Waals surface area contributed by atoms with Crippen LogP contribution in [0.3, 0.4) is 0 Å². The molecule has 0 radical (unpaired) electrons. The number of aryl methyl sites for hydroxylation is 1. The minimum Gasteiger partial charge on any atom is -0.381 e. The van der Waals surface area contributed by atoms with Crippen LogP contribution in [-0.4, -0.2) is 28.2 Å². The molecule has 0 spiro atoms. The highest BCUT2D eigenvalue weighted by Gasteiger charge is 2.22. The van der Waals surface area contributed by atoms with E-state index < -0.39 is 0 Å². The second kappa shape index (κ2) is 4.09. The highest BCUT2D eigenvalue weighted by molar-refractivity contribution is 4.87. The number of hydrogen-bond acceptors (Lipinski definition) is 3. The molecule has 14 heavy (non-hydrogen) atoms. The first-order valence-corrected chi connectivity index (χ1v) is 5.21. The monoisotopic (exact) mass is 195 g/mol. The molecule has 1 aliphatic rings. The predicted octanol–water partition coefficient (Wildman–Crippen LogP) is 1.72. The summed E-state index contributed by atoms with van der Waals surface area (Å²) in [5, 5.41) is 8.61. The Kier molecular flexibility index (Phi) is 2.82. The summed E-state index contributed by atoms with van der Waals surface area (Å²) < 4.78 is 5.33. The van der Waals surface area contributed by atoms with Crippen LogP contribution in [0.5, 0.6) is 0 Å². The molecule has 2 rings (SSSR count). The van der Waals surface area contributed by atoms with Crippen LogP contribution < -0.4 is 0 Å². The van der Waals surface area contributed by atoms with Gasteiger partial charge in [0, 0.05) is 7.11 Å². The lowest BCUT2D eigenvalue weighted by molar-refractivity contribution is 0.0547. The van der Waals surface area contributed by atoms with Crippen molar-refractivity contribution in [1.29, 1.82) is 0 Å². The lowest BCUT2D eigenvalue weighted by Gasteiger charge is -2.26. The smallest absolute Gasteiger partial charge is 0.0796 e. The zero-order valence-corrected chi connectivity index (χ0v) is 8.81. The van der Waals surface area contributed by atoms with E-state index in [1.165, 1.54) is 0 Å². The van der Waals surface area contributed by atoms with Crippen LogP contribution in [0.15, 0.2) is 6.20 Å². The third-order valence-electron chi connectivity index (χ3n) is 2.93. The van der Waals surface area contributed by atoms with Gasteiger partial charge in [-0.2, -0.15) is 15.0 Å². The van der Waals surface area contributed by atoms with Gasteiger partial charge in [-0.15, -0.1) is 0 Å². The van der Waals surface area contributed by atoms with Gasteiger partial charge in [0.15, 0.2) is 0 Å². The van der Waals surface area contributed by atoms with Crippen LogP contribution in [0.4, 0.5) is 0 Å². The molecule has 0 N–H and O–H groups in total. The van der Waals surface area contributed by atoms with Gasteiger partial charge in [-0.25, -0.2) is 0 Å². The standard InChI is InChI=1S/C10H17N3O/c1-8-7-11-13(12-8)9-3-5-10(14-2)6-4-9/h7,9-10H,3-6H2,1-2H3. The van der Waals surface area contributed by atoms with Gasteiger partial charge >= 0.3 is 0 Å². The summed E-state index contributed by atoms with van der Waals surface area (Å²) in [6, 6.07) is 0.482. The summed E-state index contributed by atoms with van der Waals surface area (Å²) in [5.41, 5.74) is 0.999. The van der Waals surface area contributed by atoms with Crippen LogP contribution in [-0.2, 0) is 4.74 Å². The average molecular weight is 195 g/mol. The maximum atomic E-state index is 5.33. The van der Waals surface area contributed by atoms with Gasteiger partial charge in [0.25, 0.3) is 0 Å². The van der Waals surface area contributed by atoms with Crippen molar-refractivity contribution in [2.24, 2.45) is 0 Å². The SMILES string of the molecule is COC1CCC(n2ncc(C)n2)CC1. The van der Waals surface area contributed by atoms with Gasteiger partial charge in [0.1, 0.15) is 0 Å². The molecule has 1 saturated carbocycles. The number of hydrogen-bond donors (Lipinski definition) is 0. The first kappa shape index (κ1) is 9.65. The Morgan fingerprint density at radius 3 is 2.57 bits per heavy atom. The normalized spacial score (nSPS) is 27.9. The van der Waals surface area contributed by atoms with Gasteiger partial charge in [-0.1, -0.05) is 0 Å². The number of rotatable bonds is 2. The van der Waals surface area contributed by atoms with E-state index in [9.17, 15) is 0 Å². The fourth-order valence-corrected chi connectivity index (χ4v) is 2.04. The first-order chi connectivity index (χ1) is 6.79. The number of methoxy groups -OCH3 is 1. The number of nitrogens with zero attached hydrogens (tertiary/aromatic N) is 3. The third-order valence-corrected chi connectivity index (χ3v) is 2.93. The summed E-state index contributed by atoms with van der Waals surface area (Å²) in [7, 11) is 1.79. The Hall–Kier alpha value is -0.900. The molecule has 1 heterocycles. The van der Waals surface area contributed by atoms with E-state index >= 15 is 0 Å². The Morgan fingerprint density at radius 2 is 2.07 bits per heavy atom. The molecule has 4 nitrogen and oxygen atoms in total. The fraction of sp³-hybridized carbons (Fsp3) is 0.800. The summed E-state index contributed by atoms with van der Waals surface area (Å²) in [4.78, 5) is 1.86. The van der Waals surface area contributed by atoms with Crippen molar-refractivity contribution in [3.63, 3.8) is 0 Å². The van der Waals surface area contributed by atoms with E-state index in [4.69, 9.17) is 4.74 Å². The second-order valence-electron chi connectivity index (χ2n) is 3.97. The van der Waals surface area contributed by atoms with Crippen molar-refractivity contribution in [1.82, 2.24) is 15.0 Å². The number of aromatic nitrogens is 3. The van der Waals surface area contributed by atoms with Crippen LogP contribution >= 0.6 is 0 Å². The van der Waals surface area contributed by atoms with Crippen LogP contribution in [0.2, 0.25) is 0 Å². The molecule has 1 aromatic rings. The lowest BCUT2D eigenvalue weighted by atomic mass is 9.93. The van der Waals surface area contributed by atoms with E-state index in [2.05, 4.69) is 10.2 Å². The molecular weight excluding hydrogens is 178 g/mol. The zero-order chi connectivity index (χ0) is 9.97. The Labute approximate surface area is 84.3 Å². The van der Waals surface area contributed by atoms with E-state index in [0.717, 1.165) is 31.4 Å². The Balaban J connectivity index is 1.95. The molecule has 1 fully saturated rings. The summed E-state index contributed by atoms with van der Waals surface area (Å²) in [6.45, 7) is 1.98. The van der Waals surface area contributed by atoms with E-state index in [-0.39, 0.29) is 0 Å².